The molecule has 0 aliphatic rings. The van der Waals surface area contributed by atoms with E-state index in [4.69, 9.17) is 9.84 Å². The van der Waals surface area contributed by atoms with Gasteiger partial charge < -0.3 is 14.8 Å². The molecule has 1 aromatic heterocycles. The molecule has 1 heterocycles. The van der Waals surface area contributed by atoms with Crippen LogP contribution in [0.1, 0.15) is 10.4 Å². The Labute approximate surface area is 90.3 Å². The molecule has 16 heavy (non-hydrogen) atoms. The summed E-state index contributed by atoms with van der Waals surface area (Å²) in [6.07, 6.45) is 0. The van der Waals surface area contributed by atoms with Crippen LogP contribution in [-0.4, -0.2) is 23.2 Å². The van der Waals surface area contributed by atoms with Gasteiger partial charge in [-0.05, 0) is 12.1 Å². The molecule has 0 fully saturated rings. The average molecular weight is 219 g/mol. The zero-order chi connectivity index (χ0) is 11.7. The van der Waals surface area contributed by atoms with Gasteiger partial charge >= 0.3 is 5.97 Å². The second kappa shape index (κ2) is 3.69. The maximum atomic E-state index is 11.2. The smallest absolute Gasteiger partial charge is 0.336 e. The maximum absolute atomic E-state index is 11.2. The van der Waals surface area contributed by atoms with Crippen LogP contribution >= 0.6 is 0 Å². The molecule has 0 aliphatic carbocycles. The van der Waals surface area contributed by atoms with Gasteiger partial charge in [0, 0.05) is 6.07 Å². The highest BCUT2D eigenvalue weighted by Crippen LogP contribution is 2.26. The van der Waals surface area contributed by atoms with Crippen LogP contribution in [0.5, 0.6) is 5.75 Å². The summed E-state index contributed by atoms with van der Waals surface area (Å²) in [7, 11) is 1.45. The average Bonchev–Trinajstić information content (AvgIpc) is 2.26. The molecular weight excluding hydrogens is 210 g/mol. The Morgan fingerprint density at radius 1 is 1.44 bits per heavy atom. The highest BCUT2D eigenvalue weighted by Gasteiger charge is 2.13. The van der Waals surface area contributed by atoms with Gasteiger partial charge in [-0.25, -0.2) is 4.79 Å². The molecule has 0 radical (unpaired) electrons. The quantitative estimate of drug-likeness (QED) is 0.796. The van der Waals surface area contributed by atoms with Crippen molar-refractivity contribution in [3.8, 4) is 5.75 Å². The van der Waals surface area contributed by atoms with E-state index in [0.29, 0.717) is 16.7 Å². The van der Waals surface area contributed by atoms with E-state index in [1.165, 1.54) is 7.11 Å². The zero-order valence-corrected chi connectivity index (χ0v) is 8.48. The van der Waals surface area contributed by atoms with E-state index in [0.717, 1.165) is 6.07 Å². The minimum absolute atomic E-state index is 0.0591. The Kier molecular flexibility index (Phi) is 2.36. The summed E-state index contributed by atoms with van der Waals surface area (Å²) in [5.41, 5.74) is -0.0568. The van der Waals surface area contributed by atoms with Gasteiger partial charge in [0.2, 0.25) is 5.56 Å². The third-order valence-corrected chi connectivity index (χ3v) is 2.28. The second-order valence-electron chi connectivity index (χ2n) is 3.24. The van der Waals surface area contributed by atoms with E-state index >= 15 is 0 Å². The fourth-order valence-corrected chi connectivity index (χ4v) is 1.62. The fraction of sp³-hybridized carbons (Fsp3) is 0.0909. The van der Waals surface area contributed by atoms with Crippen LogP contribution in [0.2, 0.25) is 0 Å². The number of hydrogen-bond donors (Lipinski definition) is 2. The van der Waals surface area contributed by atoms with E-state index in [9.17, 15) is 9.59 Å². The number of aromatic carboxylic acids is 1. The van der Waals surface area contributed by atoms with E-state index in [-0.39, 0.29) is 5.56 Å². The van der Waals surface area contributed by atoms with Crippen molar-refractivity contribution >= 4 is 16.9 Å². The number of fused-ring (bicyclic) bond motifs is 1. The van der Waals surface area contributed by atoms with E-state index in [1.54, 1.807) is 18.2 Å². The lowest BCUT2D eigenvalue weighted by Gasteiger charge is -2.07. The normalized spacial score (nSPS) is 10.3. The first-order valence-corrected chi connectivity index (χ1v) is 4.57. The third-order valence-electron chi connectivity index (χ3n) is 2.28. The lowest BCUT2D eigenvalue weighted by molar-refractivity contribution is 0.0698. The fourth-order valence-electron chi connectivity index (χ4n) is 1.62. The van der Waals surface area contributed by atoms with Crippen LogP contribution in [0.25, 0.3) is 10.9 Å². The SMILES string of the molecule is COc1cccc2[nH]c(=O)cc(C(=O)O)c12. The summed E-state index contributed by atoms with van der Waals surface area (Å²) < 4.78 is 5.07. The van der Waals surface area contributed by atoms with E-state index in [1.807, 2.05) is 0 Å². The molecule has 0 spiro atoms. The van der Waals surface area contributed by atoms with Gasteiger partial charge in [-0.1, -0.05) is 6.07 Å². The van der Waals surface area contributed by atoms with Crippen LogP contribution in [0.15, 0.2) is 29.1 Å². The van der Waals surface area contributed by atoms with Crippen LogP contribution in [0.3, 0.4) is 0 Å². The minimum atomic E-state index is -1.15. The van der Waals surface area contributed by atoms with Gasteiger partial charge in [-0.3, -0.25) is 4.79 Å². The predicted molar refractivity (Wildman–Crippen MR) is 58.1 cm³/mol. The first-order valence-electron chi connectivity index (χ1n) is 4.57. The van der Waals surface area contributed by atoms with Gasteiger partial charge in [0.25, 0.3) is 0 Å². The van der Waals surface area contributed by atoms with Crippen molar-refractivity contribution in [2.45, 2.75) is 0 Å². The highest BCUT2D eigenvalue weighted by molar-refractivity contribution is 6.04. The van der Waals surface area contributed by atoms with Crippen LogP contribution < -0.4 is 10.3 Å². The molecule has 2 rings (SSSR count). The number of benzene rings is 1. The number of carboxylic acids is 1. The monoisotopic (exact) mass is 219 g/mol. The lowest BCUT2D eigenvalue weighted by Crippen LogP contribution is -2.10. The Balaban J connectivity index is 2.96. The highest BCUT2D eigenvalue weighted by atomic mass is 16.5. The Hall–Kier alpha value is -2.30. The summed E-state index contributed by atoms with van der Waals surface area (Å²) >= 11 is 0. The summed E-state index contributed by atoms with van der Waals surface area (Å²) in [5, 5.41) is 9.42. The molecule has 0 aliphatic heterocycles. The van der Waals surface area contributed by atoms with Crippen molar-refractivity contribution in [1.29, 1.82) is 0 Å². The second-order valence-corrected chi connectivity index (χ2v) is 3.24. The molecule has 82 valence electrons. The van der Waals surface area contributed by atoms with Crippen molar-refractivity contribution in [1.82, 2.24) is 4.98 Å². The van der Waals surface area contributed by atoms with Gasteiger partial charge in [0.05, 0.1) is 23.6 Å². The number of pyridine rings is 1. The molecule has 0 bridgehead atoms. The molecule has 5 nitrogen and oxygen atoms in total. The molecule has 0 amide bonds. The van der Waals surface area contributed by atoms with Gasteiger partial charge in [0.1, 0.15) is 5.75 Å². The number of aromatic nitrogens is 1. The number of aromatic amines is 1. The van der Waals surface area contributed by atoms with Crippen molar-refractivity contribution in [3.63, 3.8) is 0 Å². The van der Waals surface area contributed by atoms with Crippen molar-refractivity contribution in [2.75, 3.05) is 7.11 Å². The lowest BCUT2D eigenvalue weighted by atomic mass is 10.1. The van der Waals surface area contributed by atoms with Crippen LogP contribution in [-0.2, 0) is 0 Å². The standard InChI is InChI=1S/C11H9NO4/c1-16-8-4-2-3-7-10(8)6(11(14)15)5-9(13)12-7/h2-5H,1H3,(H,12,13)(H,14,15). The molecule has 2 aromatic rings. The Morgan fingerprint density at radius 3 is 2.81 bits per heavy atom. The number of H-pyrrole nitrogens is 1. The van der Waals surface area contributed by atoms with Gasteiger partial charge in [0.15, 0.2) is 0 Å². The topological polar surface area (TPSA) is 79.4 Å². The largest absolute Gasteiger partial charge is 0.496 e. The van der Waals surface area contributed by atoms with Crippen LogP contribution in [0.4, 0.5) is 0 Å². The number of hydrogen-bond acceptors (Lipinski definition) is 3. The summed E-state index contributed by atoms with van der Waals surface area (Å²) in [4.78, 5) is 24.8. The molecular formula is C11H9NO4. The van der Waals surface area contributed by atoms with Gasteiger partial charge in [-0.15, -0.1) is 0 Å². The molecule has 0 saturated carbocycles. The Morgan fingerprint density at radius 2 is 2.19 bits per heavy atom. The summed E-state index contributed by atoms with van der Waals surface area (Å²) in [6, 6.07) is 6.01. The minimum Gasteiger partial charge on any atom is -0.496 e. The first kappa shape index (κ1) is 10.2. The van der Waals surface area contributed by atoms with Crippen LogP contribution in [0, 0.1) is 0 Å². The van der Waals surface area contributed by atoms with Crippen molar-refractivity contribution in [3.05, 3.63) is 40.2 Å². The van der Waals surface area contributed by atoms with E-state index in [2.05, 4.69) is 4.98 Å². The molecule has 1 aromatic carbocycles. The summed E-state index contributed by atoms with van der Waals surface area (Å²) in [6.45, 7) is 0. The van der Waals surface area contributed by atoms with E-state index < -0.39 is 11.5 Å². The molecule has 5 heteroatoms. The third kappa shape index (κ3) is 1.52. The number of rotatable bonds is 2. The Bertz CT molecular complexity index is 615. The molecule has 0 atom stereocenters. The molecule has 2 N–H and O–H groups in total. The van der Waals surface area contributed by atoms with Gasteiger partial charge in [-0.2, -0.15) is 0 Å². The van der Waals surface area contributed by atoms with Crippen molar-refractivity contribution in [2.24, 2.45) is 0 Å². The van der Waals surface area contributed by atoms with Crippen molar-refractivity contribution < 1.29 is 14.6 Å². The molecule has 0 saturated heterocycles. The number of carboxylic acid groups (broad SMARTS) is 1. The number of ether oxygens (including phenoxy) is 1. The summed E-state index contributed by atoms with van der Waals surface area (Å²) in [5.74, 6) is -0.730. The number of methoxy groups -OCH3 is 1. The number of nitrogens with one attached hydrogen (secondary N) is 1. The first-order chi connectivity index (χ1) is 7.63. The maximum Gasteiger partial charge on any atom is 0.336 e. The molecule has 0 unspecified atom stereocenters. The number of carbonyl (C=O) groups is 1. The zero-order valence-electron chi connectivity index (χ0n) is 8.48. The predicted octanol–water partition coefficient (Wildman–Crippen LogP) is 1.23.